The van der Waals surface area contributed by atoms with Crippen molar-refractivity contribution in [3.63, 3.8) is 0 Å². The van der Waals surface area contributed by atoms with Gasteiger partial charge in [-0.15, -0.1) is 0 Å². The van der Waals surface area contributed by atoms with Crippen LogP contribution in [0.1, 0.15) is 43.1 Å². The highest BCUT2D eigenvalue weighted by molar-refractivity contribution is 6.08. The Hall–Kier alpha value is -4.51. The van der Waals surface area contributed by atoms with E-state index >= 15 is 0 Å². The van der Waals surface area contributed by atoms with Crippen molar-refractivity contribution in [1.82, 2.24) is 34.5 Å². The Morgan fingerprint density at radius 1 is 1.18 bits per heavy atom. The van der Waals surface area contributed by atoms with Crippen molar-refractivity contribution in [2.24, 2.45) is 7.05 Å². The first-order valence-corrected chi connectivity index (χ1v) is 13.2. The first-order chi connectivity index (χ1) is 19.1. The van der Waals surface area contributed by atoms with Crippen LogP contribution in [0.15, 0.2) is 55.6 Å². The van der Waals surface area contributed by atoms with Gasteiger partial charge in [-0.1, -0.05) is 18.7 Å². The highest BCUT2D eigenvalue weighted by Gasteiger charge is 2.26. The van der Waals surface area contributed by atoms with E-state index in [-0.39, 0.29) is 24.4 Å². The van der Waals surface area contributed by atoms with Crippen molar-refractivity contribution < 1.29 is 14.7 Å². The molecule has 1 fully saturated rings. The zero-order chi connectivity index (χ0) is 28.6. The first-order valence-electron chi connectivity index (χ1n) is 13.2. The number of nitrogens with zero attached hydrogens (tertiary/aromatic N) is 6. The number of carbonyl (C=O) groups is 2. The molecule has 0 spiro atoms. The Morgan fingerprint density at radius 3 is 2.52 bits per heavy atom. The molecular weight excluding hydrogens is 508 g/mol. The lowest BCUT2D eigenvalue weighted by molar-refractivity contribution is -0.127. The maximum atomic E-state index is 12.6. The lowest BCUT2D eigenvalue weighted by Gasteiger charge is -2.31. The van der Waals surface area contributed by atoms with Gasteiger partial charge in [-0.2, -0.15) is 5.10 Å². The second-order valence-corrected chi connectivity index (χ2v) is 10.8. The SMILES string of the molecule is C=CC(=O)N1CCC(n2cc(-c3c(-c4ccc(C(=O)NCC(C)(C)O)cc4)c4c(N)ncnc4n3C)cn2)CC1. The topological polar surface area (TPSA) is 144 Å². The fourth-order valence-electron chi connectivity index (χ4n) is 5.22. The van der Waals surface area contributed by atoms with Gasteiger partial charge in [0.05, 0.1) is 28.9 Å². The number of hydrogen-bond donors (Lipinski definition) is 3. The summed E-state index contributed by atoms with van der Waals surface area (Å²) >= 11 is 0. The van der Waals surface area contributed by atoms with Crippen LogP contribution in [0.4, 0.5) is 5.82 Å². The number of fused-ring (bicyclic) bond motifs is 1. The minimum Gasteiger partial charge on any atom is -0.389 e. The average Bonchev–Trinajstić information content (AvgIpc) is 3.54. The molecule has 208 valence electrons. The molecule has 11 nitrogen and oxygen atoms in total. The molecule has 0 atom stereocenters. The Bertz CT molecular complexity index is 1570. The summed E-state index contributed by atoms with van der Waals surface area (Å²) in [5.41, 5.74) is 10.0. The third-order valence-electron chi connectivity index (χ3n) is 7.31. The molecule has 3 aromatic heterocycles. The number of rotatable bonds is 7. The van der Waals surface area contributed by atoms with Gasteiger partial charge in [0.2, 0.25) is 5.91 Å². The molecule has 0 saturated carbocycles. The molecule has 1 aliphatic rings. The van der Waals surface area contributed by atoms with Crippen LogP contribution in [0.5, 0.6) is 0 Å². The van der Waals surface area contributed by atoms with Gasteiger partial charge in [0.1, 0.15) is 17.8 Å². The number of nitrogen functional groups attached to an aromatic ring is 1. The number of benzene rings is 1. The molecule has 1 aliphatic heterocycles. The first kappa shape index (κ1) is 27.1. The predicted molar refractivity (Wildman–Crippen MR) is 153 cm³/mol. The van der Waals surface area contributed by atoms with Crippen LogP contribution in [-0.4, -0.2) is 71.4 Å². The van der Waals surface area contributed by atoms with Crippen LogP contribution in [0.3, 0.4) is 0 Å². The molecule has 5 rings (SSSR count). The van der Waals surface area contributed by atoms with Crippen molar-refractivity contribution in [3.8, 4) is 22.4 Å². The molecule has 4 N–H and O–H groups in total. The molecule has 40 heavy (non-hydrogen) atoms. The zero-order valence-electron chi connectivity index (χ0n) is 23.0. The van der Waals surface area contributed by atoms with E-state index in [0.717, 1.165) is 40.6 Å². The van der Waals surface area contributed by atoms with Crippen LogP contribution >= 0.6 is 0 Å². The van der Waals surface area contributed by atoms with E-state index in [1.807, 2.05) is 45.7 Å². The molecule has 1 saturated heterocycles. The number of aryl methyl sites for hydroxylation is 1. The Labute approximate surface area is 232 Å². The van der Waals surface area contributed by atoms with Gasteiger partial charge in [0.15, 0.2) is 0 Å². The summed E-state index contributed by atoms with van der Waals surface area (Å²) in [5.74, 6) is 0.0523. The Balaban J connectivity index is 1.50. The molecule has 11 heteroatoms. The van der Waals surface area contributed by atoms with Gasteiger partial charge in [0, 0.05) is 49.6 Å². The molecule has 0 unspecified atom stereocenters. The number of nitrogens with two attached hydrogens (primary N) is 1. The number of likely N-dealkylation sites (tertiary alicyclic amines) is 1. The number of piperidine rings is 1. The highest BCUT2D eigenvalue weighted by Crippen LogP contribution is 2.41. The monoisotopic (exact) mass is 542 g/mol. The number of aromatic nitrogens is 5. The van der Waals surface area contributed by atoms with Gasteiger partial charge < -0.3 is 25.6 Å². The lowest BCUT2D eigenvalue weighted by atomic mass is 9.99. The van der Waals surface area contributed by atoms with E-state index in [1.54, 1.807) is 26.0 Å². The van der Waals surface area contributed by atoms with Crippen LogP contribution < -0.4 is 11.1 Å². The van der Waals surface area contributed by atoms with Crippen molar-refractivity contribution in [2.75, 3.05) is 25.4 Å². The second kappa shape index (κ2) is 10.6. The molecule has 4 heterocycles. The van der Waals surface area contributed by atoms with Crippen LogP contribution in [0, 0.1) is 0 Å². The number of carbonyl (C=O) groups excluding carboxylic acids is 2. The van der Waals surface area contributed by atoms with Gasteiger partial charge in [0.25, 0.3) is 5.91 Å². The Kier molecular flexibility index (Phi) is 7.16. The van der Waals surface area contributed by atoms with E-state index in [2.05, 4.69) is 21.9 Å². The third-order valence-corrected chi connectivity index (χ3v) is 7.31. The summed E-state index contributed by atoms with van der Waals surface area (Å²) in [6.07, 6.45) is 8.27. The molecule has 2 amide bonds. The maximum absolute atomic E-state index is 12.6. The summed E-state index contributed by atoms with van der Waals surface area (Å²) in [6, 6.07) is 7.42. The van der Waals surface area contributed by atoms with E-state index in [4.69, 9.17) is 10.8 Å². The standard InChI is InChI=1S/C29H34N8O3/c1-5-22(38)36-12-10-21(11-13-36)37-15-20(14-34-37)25-23(24-26(30)32-17-33-27(24)35(25)4)18-6-8-19(9-7-18)28(39)31-16-29(2,3)40/h5-9,14-15,17,21,40H,1,10-13,16H2,2-4H3,(H,31,39)(H2,30,32,33). The van der Waals surface area contributed by atoms with Crippen LogP contribution in [0.25, 0.3) is 33.4 Å². The molecular formula is C29H34N8O3. The fourth-order valence-corrected chi connectivity index (χ4v) is 5.22. The number of anilines is 1. The Morgan fingerprint density at radius 2 is 1.88 bits per heavy atom. The zero-order valence-corrected chi connectivity index (χ0v) is 23.0. The minimum atomic E-state index is -1.00. The summed E-state index contributed by atoms with van der Waals surface area (Å²) in [6.45, 7) is 8.32. The number of aliphatic hydroxyl groups is 1. The van der Waals surface area contributed by atoms with E-state index in [1.165, 1.54) is 12.4 Å². The summed E-state index contributed by atoms with van der Waals surface area (Å²) in [4.78, 5) is 35.2. The highest BCUT2D eigenvalue weighted by atomic mass is 16.3. The minimum absolute atomic E-state index is 0.0424. The van der Waals surface area contributed by atoms with Gasteiger partial charge in [-0.3, -0.25) is 14.3 Å². The van der Waals surface area contributed by atoms with E-state index < -0.39 is 5.60 Å². The van der Waals surface area contributed by atoms with E-state index in [0.29, 0.717) is 30.1 Å². The normalized spacial score (nSPS) is 14.4. The largest absolute Gasteiger partial charge is 0.389 e. The molecule has 4 aromatic rings. The number of hydrogen-bond acceptors (Lipinski definition) is 7. The smallest absolute Gasteiger partial charge is 0.251 e. The molecule has 0 bridgehead atoms. The maximum Gasteiger partial charge on any atom is 0.251 e. The van der Waals surface area contributed by atoms with E-state index in [9.17, 15) is 14.7 Å². The second-order valence-electron chi connectivity index (χ2n) is 10.8. The third kappa shape index (κ3) is 5.20. The van der Waals surface area contributed by atoms with Crippen LogP contribution in [-0.2, 0) is 11.8 Å². The number of amides is 2. The summed E-state index contributed by atoms with van der Waals surface area (Å²) in [5, 5.41) is 18.1. The van der Waals surface area contributed by atoms with Crippen LogP contribution in [0.2, 0.25) is 0 Å². The molecule has 0 radical (unpaired) electrons. The van der Waals surface area contributed by atoms with Gasteiger partial charge in [-0.25, -0.2) is 9.97 Å². The fraction of sp³-hybridized carbons (Fsp3) is 0.345. The van der Waals surface area contributed by atoms with Crippen molar-refractivity contribution in [2.45, 2.75) is 38.3 Å². The summed E-state index contributed by atoms with van der Waals surface area (Å²) in [7, 11) is 1.93. The average molecular weight is 543 g/mol. The quantitative estimate of drug-likeness (QED) is 0.305. The van der Waals surface area contributed by atoms with Crippen molar-refractivity contribution in [3.05, 3.63) is 61.2 Å². The summed E-state index contributed by atoms with van der Waals surface area (Å²) < 4.78 is 3.96. The molecule has 1 aromatic carbocycles. The van der Waals surface area contributed by atoms with Gasteiger partial charge >= 0.3 is 0 Å². The predicted octanol–water partition coefficient (Wildman–Crippen LogP) is 2.93. The number of nitrogens with one attached hydrogen (secondary N) is 1. The lowest BCUT2D eigenvalue weighted by Crippen LogP contribution is -2.38. The van der Waals surface area contributed by atoms with Crippen molar-refractivity contribution in [1.29, 1.82) is 0 Å². The molecule has 0 aliphatic carbocycles. The van der Waals surface area contributed by atoms with Crippen molar-refractivity contribution >= 4 is 28.7 Å². The van der Waals surface area contributed by atoms with Gasteiger partial charge in [-0.05, 0) is 50.5 Å².